The highest BCUT2D eigenvalue weighted by atomic mass is 32.2. The number of hydrogen-bond donors (Lipinski definition) is 2. The standard InChI is InChI=1S/C20H26N4O5S/c1-20(2,3)29-19(25)22-15-4-6-16(7-5-15)23-30(26,27)17-8-9-18(21-14-17)24-10-12-28-13-11-24/h4-9,14,23H,10-13H2,1-3H3,(H,22,25). The predicted molar refractivity (Wildman–Crippen MR) is 114 cm³/mol. The van der Waals surface area contributed by atoms with E-state index in [-0.39, 0.29) is 4.90 Å². The topological polar surface area (TPSA) is 110 Å². The van der Waals surface area contributed by atoms with E-state index in [0.717, 1.165) is 18.9 Å². The van der Waals surface area contributed by atoms with Gasteiger partial charge >= 0.3 is 6.09 Å². The van der Waals surface area contributed by atoms with E-state index >= 15 is 0 Å². The first kappa shape index (κ1) is 21.8. The van der Waals surface area contributed by atoms with Gasteiger partial charge < -0.3 is 14.4 Å². The molecule has 1 aromatic heterocycles. The van der Waals surface area contributed by atoms with Gasteiger partial charge in [0.25, 0.3) is 10.0 Å². The van der Waals surface area contributed by atoms with E-state index in [4.69, 9.17) is 9.47 Å². The van der Waals surface area contributed by atoms with E-state index in [1.165, 1.54) is 12.3 Å². The number of rotatable bonds is 5. The minimum Gasteiger partial charge on any atom is -0.444 e. The van der Waals surface area contributed by atoms with Gasteiger partial charge in [0.15, 0.2) is 0 Å². The molecule has 3 rings (SSSR count). The molecule has 0 atom stereocenters. The molecule has 1 saturated heterocycles. The van der Waals surface area contributed by atoms with Crippen molar-refractivity contribution in [2.24, 2.45) is 0 Å². The molecular formula is C20H26N4O5S. The van der Waals surface area contributed by atoms with Gasteiger partial charge in [-0.05, 0) is 57.2 Å². The normalized spacial score (nSPS) is 14.8. The first-order valence-electron chi connectivity index (χ1n) is 9.54. The molecule has 1 fully saturated rings. The largest absolute Gasteiger partial charge is 0.444 e. The number of aromatic nitrogens is 1. The Kier molecular flexibility index (Phi) is 6.47. The predicted octanol–water partition coefficient (Wildman–Crippen LogP) is 3.07. The molecule has 9 nitrogen and oxygen atoms in total. The van der Waals surface area contributed by atoms with Crippen LogP contribution in [0.15, 0.2) is 47.5 Å². The zero-order valence-electron chi connectivity index (χ0n) is 17.2. The molecule has 162 valence electrons. The van der Waals surface area contributed by atoms with Crippen molar-refractivity contribution >= 4 is 33.3 Å². The second kappa shape index (κ2) is 8.88. The molecular weight excluding hydrogens is 408 g/mol. The van der Waals surface area contributed by atoms with E-state index < -0.39 is 21.7 Å². The van der Waals surface area contributed by atoms with Crippen LogP contribution in [0.3, 0.4) is 0 Å². The maximum atomic E-state index is 12.6. The van der Waals surface area contributed by atoms with Crippen LogP contribution in [0.25, 0.3) is 0 Å². The molecule has 0 saturated carbocycles. The average Bonchev–Trinajstić information content (AvgIpc) is 2.69. The van der Waals surface area contributed by atoms with Crippen LogP contribution >= 0.6 is 0 Å². The zero-order chi connectivity index (χ0) is 21.8. The van der Waals surface area contributed by atoms with Gasteiger partial charge in [-0.2, -0.15) is 0 Å². The zero-order valence-corrected chi connectivity index (χ0v) is 18.0. The summed E-state index contributed by atoms with van der Waals surface area (Å²) < 4.78 is 38.3. The summed E-state index contributed by atoms with van der Waals surface area (Å²) in [7, 11) is -3.79. The number of carbonyl (C=O) groups excluding carboxylic acids is 1. The SMILES string of the molecule is CC(C)(C)OC(=O)Nc1ccc(NS(=O)(=O)c2ccc(N3CCOCC3)nc2)cc1. The number of amides is 1. The molecule has 1 aromatic carbocycles. The van der Waals surface area contributed by atoms with Crippen molar-refractivity contribution in [3.8, 4) is 0 Å². The average molecular weight is 435 g/mol. The molecule has 2 N–H and O–H groups in total. The molecule has 0 radical (unpaired) electrons. The fraction of sp³-hybridized carbons (Fsp3) is 0.400. The molecule has 1 aliphatic rings. The van der Waals surface area contributed by atoms with Gasteiger partial charge in [-0.3, -0.25) is 10.0 Å². The van der Waals surface area contributed by atoms with Crippen LogP contribution in [0, 0.1) is 0 Å². The van der Waals surface area contributed by atoms with Crippen molar-refractivity contribution in [1.82, 2.24) is 4.98 Å². The number of carbonyl (C=O) groups is 1. The Hall–Kier alpha value is -2.85. The second-order valence-corrected chi connectivity index (χ2v) is 9.44. The second-order valence-electron chi connectivity index (χ2n) is 7.76. The van der Waals surface area contributed by atoms with Crippen LogP contribution in [0.5, 0.6) is 0 Å². The number of hydrogen-bond acceptors (Lipinski definition) is 7. The maximum absolute atomic E-state index is 12.6. The number of sulfonamides is 1. The Labute approximate surface area is 176 Å². The van der Waals surface area contributed by atoms with Gasteiger partial charge in [0.2, 0.25) is 0 Å². The smallest absolute Gasteiger partial charge is 0.412 e. The van der Waals surface area contributed by atoms with E-state index in [1.807, 2.05) is 4.90 Å². The number of anilines is 3. The number of ether oxygens (including phenoxy) is 2. The van der Waals surface area contributed by atoms with Crippen LogP contribution in [-0.2, 0) is 19.5 Å². The summed E-state index contributed by atoms with van der Waals surface area (Å²) in [6.07, 6.45) is 0.758. The quantitative estimate of drug-likeness (QED) is 0.744. The van der Waals surface area contributed by atoms with Crippen molar-refractivity contribution in [2.45, 2.75) is 31.3 Å². The van der Waals surface area contributed by atoms with Gasteiger partial charge in [-0.15, -0.1) is 0 Å². The number of morpholine rings is 1. The summed E-state index contributed by atoms with van der Waals surface area (Å²) in [6, 6.07) is 9.49. The molecule has 0 aliphatic carbocycles. The third-order valence-corrected chi connectivity index (χ3v) is 5.52. The lowest BCUT2D eigenvalue weighted by Gasteiger charge is -2.27. The van der Waals surface area contributed by atoms with Crippen LogP contribution in [0.2, 0.25) is 0 Å². The number of nitrogens with zero attached hydrogens (tertiary/aromatic N) is 2. The van der Waals surface area contributed by atoms with Crippen molar-refractivity contribution in [2.75, 3.05) is 41.2 Å². The minimum atomic E-state index is -3.79. The first-order valence-corrected chi connectivity index (χ1v) is 11.0. The molecule has 0 bridgehead atoms. The number of benzene rings is 1. The first-order chi connectivity index (χ1) is 14.1. The third-order valence-electron chi connectivity index (χ3n) is 4.15. The van der Waals surface area contributed by atoms with Gasteiger partial charge in [0.05, 0.1) is 13.2 Å². The van der Waals surface area contributed by atoms with Crippen LogP contribution in [-0.4, -0.2) is 51.4 Å². The van der Waals surface area contributed by atoms with Crippen molar-refractivity contribution in [3.63, 3.8) is 0 Å². The monoisotopic (exact) mass is 434 g/mol. The van der Waals surface area contributed by atoms with Crippen LogP contribution in [0.1, 0.15) is 20.8 Å². The number of pyridine rings is 1. The molecule has 30 heavy (non-hydrogen) atoms. The van der Waals surface area contributed by atoms with E-state index in [9.17, 15) is 13.2 Å². The van der Waals surface area contributed by atoms with Crippen LogP contribution in [0.4, 0.5) is 22.0 Å². The lowest BCUT2D eigenvalue weighted by Crippen LogP contribution is -2.36. The summed E-state index contributed by atoms with van der Waals surface area (Å²) in [6.45, 7) is 8.01. The molecule has 0 spiro atoms. The molecule has 2 aromatic rings. The van der Waals surface area contributed by atoms with Gasteiger partial charge in [0.1, 0.15) is 16.3 Å². The molecule has 1 amide bonds. The lowest BCUT2D eigenvalue weighted by molar-refractivity contribution is 0.0636. The fourth-order valence-electron chi connectivity index (χ4n) is 2.77. The summed E-state index contributed by atoms with van der Waals surface area (Å²) in [5.74, 6) is 0.717. The van der Waals surface area contributed by atoms with E-state index in [2.05, 4.69) is 15.0 Å². The Bertz CT molecular complexity index is 964. The fourth-order valence-corrected chi connectivity index (χ4v) is 3.77. The highest BCUT2D eigenvalue weighted by Crippen LogP contribution is 2.20. The summed E-state index contributed by atoms with van der Waals surface area (Å²) >= 11 is 0. The molecule has 10 heteroatoms. The van der Waals surface area contributed by atoms with Gasteiger partial charge in [-0.25, -0.2) is 18.2 Å². The van der Waals surface area contributed by atoms with E-state index in [1.54, 1.807) is 51.1 Å². The maximum Gasteiger partial charge on any atom is 0.412 e. The van der Waals surface area contributed by atoms with Crippen LogP contribution < -0.4 is 14.9 Å². The Morgan fingerprint density at radius 3 is 2.27 bits per heavy atom. The van der Waals surface area contributed by atoms with Crippen molar-refractivity contribution in [1.29, 1.82) is 0 Å². The summed E-state index contributed by atoms with van der Waals surface area (Å²) in [5.41, 5.74) is 0.246. The summed E-state index contributed by atoms with van der Waals surface area (Å²) in [5, 5.41) is 2.60. The van der Waals surface area contributed by atoms with E-state index in [0.29, 0.717) is 24.6 Å². The minimum absolute atomic E-state index is 0.0652. The Balaban J connectivity index is 1.62. The van der Waals surface area contributed by atoms with Gasteiger partial charge in [-0.1, -0.05) is 0 Å². The Morgan fingerprint density at radius 2 is 1.70 bits per heavy atom. The lowest BCUT2D eigenvalue weighted by atomic mass is 10.2. The molecule has 0 unspecified atom stereocenters. The highest BCUT2D eigenvalue weighted by Gasteiger charge is 2.18. The highest BCUT2D eigenvalue weighted by molar-refractivity contribution is 7.92. The number of nitrogens with one attached hydrogen (secondary N) is 2. The molecule has 1 aliphatic heterocycles. The van der Waals surface area contributed by atoms with Gasteiger partial charge in [0, 0.05) is 30.7 Å². The third kappa shape index (κ3) is 6.07. The Morgan fingerprint density at radius 1 is 1.07 bits per heavy atom. The van der Waals surface area contributed by atoms with Crippen molar-refractivity contribution < 1.29 is 22.7 Å². The summed E-state index contributed by atoms with van der Waals surface area (Å²) in [4.78, 5) is 18.2. The van der Waals surface area contributed by atoms with Crippen molar-refractivity contribution in [3.05, 3.63) is 42.6 Å². The molecule has 2 heterocycles.